The molecule has 2 heterocycles. The molecule has 4 rings (SSSR count). The molecule has 1 amide bonds. The monoisotopic (exact) mass is 568 g/mol. The Bertz CT molecular complexity index is 1580. The Kier molecular flexibility index (Phi) is 7.00. The zero-order valence-corrected chi connectivity index (χ0v) is 22.1. The van der Waals surface area contributed by atoms with Crippen molar-refractivity contribution in [3.8, 4) is 5.69 Å². The van der Waals surface area contributed by atoms with Crippen molar-refractivity contribution >= 4 is 38.8 Å². The second-order valence-corrected chi connectivity index (χ2v) is 11.1. The van der Waals surface area contributed by atoms with Gasteiger partial charge in [-0.25, -0.2) is 22.5 Å². The van der Waals surface area contributed by atoms with Crippen molar-refractivity contribution < 1.29 is 31.5 Å². The van der Waals surface area contributed by atoms with Gasteiger partial charge in [-0.05, 0) is 55.3 Å². The minimum Gasteiger partial charge on any atom is -0.464 e. The third-order valence-electron chi connectivity index (χ3n) is 6.28. The van der Waals surface area contributed by atoms with Gasteiger partial charge in [0.15, 0.2) is 0 Å². The Hall–Kier alpha value is -3.51. The number of carboxylic acid groups (broad SMARTS) is 1. The highest BCUT2D eigenvalue weighted by atomic mass is 35.5. The fraction of sp³-hybridized carbons (Fsp3) is 0.280. The van der Waals surface area contributed by atoms with Crippen molar-refractivity contribution in [2.24, 2.45) is 0 Å². The molecule has 2 N–H and O–H groups in total. The van der Waals surface area contributed by atoms with Gasteiger partial charge in [-0.3, -0.25) is 4.57 Å². The van der Waals surface area contributed by atoms with Crippen molar-refractivity contribution in [1.29, 1.82) is 0 Å². The van der Waals surface area contributed by atoms with Crippen LogP contribution < -0.4 is 5.32 Å². The molecule has 2 aromatic carbocycles. The van der Waals surface area contributed by atoms with Crippen LogP contribution in [0.1, 0.15) is 37.7 Å². The van der Waals surface area contributed by atoms with Crippen LogP contribution in [0.5, 0.6) is 0 Å². The number of hydrogen-bond donors (Lipinski definition) is 2. The first-order valence-electron chi connectivity index (χ1n) is 11.5. The Labute approximate surface area is 222 Å². The minimum atomic E-state index is -4.64. The van der Waals surface area contributed by atoms with Crippen LogP contribution >= 0.6 is 11.6 Å². The van der Waals surface area contributed by atoms with E-state index in [9.17, 15) is 31.5 Å². The molecule has 1 aromatic heterocycles. The lowest BCUT2D eigenvalue weighted by Gasteiger charge is -2.36. The minimum absolute atomic E-state index is 0.110. The molecule has 0 saturated carbocycles. The number of hydrogen-bond acceptors (Lipinski definition) is 5. The van der Waals surface area contributed by atoms with Crippen LogP contribution in [0.3, 0.4) is 0 Å². The van der Waals surface area contributed by atoms with Crippen molar-refractivity contribution in [3.05, 3.63) is 82.3 Å². The molecule has 3 aromatic rings. The number of rotatable bonds is 6. The molecule has 8 nitrogen and oxygen atoms in total. The number of dihydropyridines is 1. The van der Waals surface area contributed by atoms with Crippen molar-refractivity contribution in [3.63, 3.8) is 0 Å². The number of allylic oxidation sites excluding steroid dienone is 2. The van der Waals surface area contributed by atoms with E-state index in [0.29, 0.717) is 27.8 Å². The van der Waals surface area contributed by atoms with Gasteiger partial charge in [0.05, 0.1) is 21.6 Å². The second-order valence-electron chi connectivity index (χ2n) is 8.64. The Morgan fingerprint density at radius 1 is 1.21 bits per heavy atom. The highest BCUT2D eigenvalue weighted by Gasteiger charge is 2.49. The third-order valence-corrected chi connectivity index (χ3v) is 8.89. The number of carbonyl (C=O) groups is 1. The van der Waals surface area contributed by atoms with Gasteiger partial charge in [-0.2, -0.15) is 13.2 Å². The van der Waals surface area contributed by atoms with Crippen molar-refractivity contribution in [2.45, 2.75) is 38.2 Å². The van der Waals surface area contributed by atoms with E-state index in [1.165, 1.54) is 37.4 Å². The topological polar surface area (TPSA) is 105 Å². The highest BCUT2D eigenvalue weighted by Crippen LogP contribution is 2.39. The maximum absolute atomic E-state index is 13.6. The molecule has 0 bridgehead atoms. The van der Waals surface area contributed by atoms with E-state index in [-0.39, 0.29) is 17.6 Å². The molecule has 13 heteroatoms. The lowest BCUT2D eigenvalue weighted by atomic mass is 10.0. The van der Waals surface area contributed by atoms with Crippen LogP contribution in [-0.2, 0) is 27.5 Å². The predicted octanol–water partition coefficient (Wildman–Crippen LogP) is 5.81. The number of benzene rings is 2. The molecule has 0 aliphatic carbocycles. The zero-order valence-electron chi connectivity index (χ0n) is 20.5. The lowest BCUT2D eigenvalue weighted by Crippen LogP contribution is -2.54. The summed E-state index contributed by atoms with van der Waals surface area (Å²) in [5.74, 6) is 0.475. The van der Waals surface area contributed by atoms with Gasteiger partial charge >= 0.3 is 12.3 Å². The van der Waals surface area contributed by atoms with Crippen LogP contribution in [0.25, 0.3) is 16.7 Å². The number of alkyl halides is 3. The van der Waals surface area contributed by atoms with Crippen LogP contribution in [-0.4, -0.2) is 40.0 Å². The second kappa shape index (κ2) is 9.66. The standard InChI is InChI=1S/C25H24ClF3N4O4S/c1-4-22-31-20-12-18(25(27,28)29)19(26)13-21(20)33(22)17-8-6-16(7-9-17)24(11-10-15(3)14-30-24)38(36,37)32(5-2)23(34)35/h6-14,30H,4-5H2,1-3H3,(H,34,35). The van der Waals surface area contributed by atoms with E-state index < -0.39 is 37.7 Å². The van der Waals surface area contributed by atoms with E-state index in [2.05, 4.69) is 10.3 Å². The van der Waals surface area contributed by atoms with Crippen LogP contribution in [0.15, 0.2) is 60.3 Å². The molecule has 0 radical (unpaired) electrons. The number of nitrogens with one attached hydrogen (secondary N) is 1. The summed E-state index contributed by atoms with van der Waals surface area (Å²) in [5, 5.41) is 11.9. The molecule has 38 heavy (non-hydrogen) atoms. The molecule has 0 spiro atoms. The molecule has 1 atom stereocenters. The summed E-state index contributed by atoms with van der Waals surface area (Å²) in [6, 6.07) is 8.33. The summed E-state index contributed by atoms with van der Waals surface area (Å²) in [6.07, 6.45) is -1.40. The fourth-order valence-corrected chi connectivity index (χ4v) is 6.43. The van der Waals surface area contributed by atoms with Gasteiger partial charge in [0.1, 0.15) is 5.82 Å². The number of imidazole rings is 1. The first kappa shape index (κ1) is 27.5. The quantitative estimate of drug-likeness (QED) is 0.389. The lowest BCUT2D eigenvalue weighted by molar-refractivity contribution is -0.137. The Morgan fingerprint density at radius 2 is 1.87 bits per heavy atom. The van der Waals surface area contributed by atoms with Crippen LogP contribution in [0, 0.1) is 0 Å². The number of sulfonamides is 1. The molecule has 0 fully saturated rings. The largest absolute Gasteiger partial charge is 0.464 e. The van der Waals surface area contributed by atoms with Gasteiger partial charge in [0.25, 0.3) is 10.0 Å². The van der Waals surface area contributed by atoms with Gasteiger partial charge in [0.2, 0.25) is 4.87 Å². The van der Waals surface area contributed by atoms with Crippen molar-refractivity contribution in [2.75, 3.05) is 6.54 Å². The van der Waals surface area contributed by atoms with E-state index >= 15 is 0 Å². The van der Waals surface area contributed by atoms with E-state index in [1.807, 2.05) is 0 Å². The van der Waals surface area contributed by atoms with Crippen LogP contribution in [0.4, 0.5) is 18.0 Å². The summed E-state index contributed by atoms with van der Waals surface area (Å²) in [5.41, 5.74) is 0.957. The number of aromatic nitrogens is 2. The Balaban J connectivity index is 1.87. The fourth-order valence-electron chi connectivity index (χ4n) is 4.39. The van der Waals surface area contributed by atoms with Gasteiger partial charge < -0.3 is 10.4 Å². The van der Waals surface area contributed by atoms with Gasteiger partial charge in [-0.15, -0.1) is 0 Å². The average Bonchev–Trinajstić information content (AvgIpc) is 3.21. The third kappa shape index (κ3) is 4.41. The smallest absolute Gasteiger partial charge is 0.421 e. The summed E-state index contributed by atoms with van der Waals surface area (Å²) >= 11 is 5.97. The maximum Gasteiger partial charge on any atom is 0.421 e. The summed E-state index contributed by atoms with van der Waals surface area (Å²) < 4.78 is 69.4. The predicted molar refractivity (Wildman–Crippen MR) is 137 cm³/mol. The average molecular weight is 569 g/mol. The van der Waals surface area contributed by atoms with E-state index in [4.69, 9.17) is 11.6 Å². The number of nitrogens with zero attached hydrogens (tertiary/aromatic N) is 3. The van der Waals surface area contributed by atoms with E-state index in [1.54, 1.807) is 36.6 Å². The number of amides is 1. The first-order chi connectivity index (χ1) is 17.8. The van der Waals surface area contributed by atoms with Crippen LogP contribution in [0.2, 0.25) is 5.02 Å². The molecule has 1 aliphatic heterocycles. The number of halogens is 4. The molecule has 1 aliphatic rings. The maximum atomic E-state index is 13.6. The molecule has 0 saturated heterocycles. The summed E-state index contributed by atoms with van der Waals surface area (Å²) in [7, 11) is -4.50. The molecular weight excluding hydrogens is 545 g/mol. The zero-order chi connectivity index (χ0) is 28.0. The first-order valence-corrected chi connectivity index (χ1v) is 13.4. The molecular formula is C25H24ClF3N4O4S. The van der Waals surface area contributed by atoms with Gasteiger partial charge in [-0.1, -0.05) is 36.7 Å². The van der Waals surface area contributed by atoms with Crippen molar-refractivity contribution in [1.82, 2.24) is 19.2 Å². The Morgan fingerprint density at radius 3 is 2.37 bits per heavy atom. The summed E-state index contributed by atoms with van der Waals surface area (Å²) in [4.78, 5) is 14.2. The number of aryl methyl sites for hydroxylation is 1. The van der Waals surface area contributed by atoms with E-state index in [0.717, 1.165) is 11.6 Å². The van der Waals surface area contributed by atoms with Gasteiger partial charge in [0, 0.05) is 24.9 Å². The SMILES string of the molecule is CCc1nc2cc(C(F)(F)F)c(Cl)cc2n1-c1ccc(C2(S(=O)(=O)N(CC)C(=O)O)C=CC(C)=CN2)cc1. The molecule has 1 unspecified atom stereocenters. The highest BCUT2D eigenvalue weighted by molar-refractivity contribution is 7.90. The normalized spacial score (nSPS) is 17.8. The molecule has 202 valence electrons. The number of fused-ring (bicyclic) bond motifs is 1. The summed E-state index contributed by atoms with van der Waals surface area (Å²) in [6.45, 7) is 4.68.